The molecule has 0 aliphatic carbocycles. The van der Waals surface area contributed by atoms with Gasteiger partial charge in [-0.2, -0.15) is 0 Å². The Morgan fingerprint density at radius 2 is 1.96 bits per heavy atom. The molecule has 1 N–H and O–H groups in total. The van der Waals surface area contributed by atoms with Gasteiger partial charge in [0.1, 0.15) is 5.75 Å². The minimum absolute atomic E-state index is 0.396. The molecule has 0 fully saturated rings. The van der Waals surface area contributed by atoms with Crippen LogP contribution >= 0.6 is 11.6 Å². The predicted molar refractivity (Wildman–Crippen MR) is 97.0 cm³/mol. The first kappa shape index (κ1) is 18.3. The van der Waals surface area contributed by atoms with Crippen LogP contribution in [0.4, 0.5) is 0 Å². The van der Waals surface area contributed by atoms with E-state index in [4.69, 9.17) is 16.3 Å². The summed E-state index contributed by atoms with van der Waals surface area (Å²) >= 11 is 6.15. The topological polar surface area (TPSA) is 46.5 Å². The van der Waals surface area contributed by atoms with E-state index >= 15 is 0 Å². The molecule has 0 spiro atoms. The van der Waals surface area contributed by atoms with Gasteiger partial charge in [-0.3, -0.25) is 4.79 Å². The van der Waals surface area contributed by atoms with E-state index in [2.05, 4.69) is 13.8 Å². The molecule has 2 aromatic rings. The van der Waals surface area contributed by atoms with Crippen molar-refractivity contribution in [2.75, 3.05) is 6.61 Å². The van der Waals surface area contributed by atoms with E-state index in [-0.39, 0.29) is 0 Å². The molecule has 128 valence electrons. The lowest BCUT2D eigenvalue weighted by Gasteiger charge is -2.15. The second-order valence-corrected chi connectivity index (χ2v) is 6.86. The summed E-state index contributed by atoms with van der Waals surface area (Å²) < 4.78 is 5.72. The van der Waals surface area contributed by atoms with E-state index in [0.717, 1.165) is 16.9 Å². The van der Waals surface area contributed by atoms with Crippen LogP contribution in [0.2, 0.25) is 5.02 Å². The van der Waals surface area contributed by atoms with Crippen LogP contribution in [-0.2, 0) is 11.2 Å². The van der Waals surface area contributed by atoms with Gasteiger partial charge in [0.05, 0.1) is 12.5 Å². The molecule has 24 heavy (non-hydrogen) atoms. The molecule has 0 saturated heterocycles. The van der Waals surface area contributed by atoms with Crippen LogP contribution in [-0.4, -0.2) is 17.7 Å². The molecule has 0 amide bonds. The van der Waals surface area contributed by atoms with Gasteiger partial charge < -0.3 is 9.84 Å². The van der Waals surface area contributed by atoms with E-state index in [1.165, 1.54) is 0 Å². The second kappa shape index (κ2) is 8.20. The van der Waals surface area contributed by atoms with Crippen LogP contribution in [0.5, 0.6) is 5.75 Å². The van der Waals surface area contributed by atoms with Gasteiger partial charge in [-0.15, -0.1) is 0 Å². The van der Waals surface area contributed by atoms with Gasteiger partial charge >= 0.3 is 5.97 Å². The molecule has 0 saturated carbocycles. The minimum Gasteiger partial charge on any atom is -0.493 e. The van der Waals surface area contributed by atoms with Crippen molar-refractivity contribution in [3.8, 4) is 5.75 Å². The van der Waals surface area contributed by atoms with Crippen molar-refractivity contribution in [3.05, 3.63) is 64.2 Å². The van der Waals surface area contributed by atoms with Crippen molar-refractivity contribution < 1.29 is 14.6 Å². The first-order valence-electron chi connectivity index (χ1n) is 8.07. The number of benzene rings is 2. The van der Waals surface area contributed by atoms with Crippen molar-refractivity contribution in [3.63, 3.8) is 0 Å². The van der Waals surface area contributed by atoms with E-state index in [9.17, 15) is 9.90 Å². The lowest BCUT2D eigenvalue weighted by atomic mass is 9.91. The first-order valence-corrected chi connectivity index (χ1v) is 8.45. The average molecular weight is 347 g/mol. The van der Waals surface area contributed by atoms with E-state index < -0.39 is 11.9 Å². The van der Waals surface area contributed by atoms with Crippen LogP contribution in [0.1, 0.15) is 36.5 Å². The van der Waals surface area contributed by atoms with Gasteiger partial charge in [-0.1, -0.05) is 49.7 Å². The summed E-state index contributed by atoms with van der Waals surface area (Å²) in [5.41, 5.74) is 2.58. The Hall–Kier alpha value is -2.00. The number of carboxylic acids is 1. The summed E-state index contributed by atoms with van der Waals surface area (Å²) in [6, 6.07) is 13.1. The SMILES string of the molecule is Cc1ccc(C(Cc2cccc(OCC(C)C)c2)C(=O)O)cc1Cl. The molecular formula is C20H23ClO3. The third-order valence-electron chi connectivity index (χ3n) is 3.82. The third kappa shape index (κ3) is 5.00. The molecule has 4 heteroatoms. The summed E-state index contributed by atoms with van der Waals surface area (Å²) in [6.07, 6.45) is 0.396. The number of rotatable bonds is 7. The highest BCUT2D eigenvalue weighted by Gasteiger charge is 2.21. The van der Waals surface area contributed by atoms with Crippen molar-refractivity contribution in [1.29, 1.82) is 0 Å². The zero-order valence-corrected chi connectivity index (χ0v) is 15.0. The first-order chi connectivity index (χ1) is 11.4. The Morgan fingerprint density at radius 1 is 1.21 bits per heavy atom. The number of halogens is 1. The number of aryl methyl sites for hydroxylation is 1. The van der Waals surface area contributed by atoms with Crippen molar-refractivity contribution in [1.82, 2.24) is 0 Å². The van der Waals surface area contributed by atoms with Crippen molar-refractivity contribution >= 4 is 17.6 Å². The number of hydrogen-bond acceptors (Lipinski definition) is 2. The molecule has 2 aromatic carbocycles. The third-order valence-corrected chi connectivity index (χ3v) is 4.23. The number of carbonyl (C=O) groups is 1. The van der Waals surface area contributed by atoms with Gasteiger partial charge in [-0.05, 0) is 54.2 Å². The van der Waals surface area contributed by atoms with Gasteiger partial charge in [0.25, 0.3) is 0 Å². The fourth-order valence-corrected chi connectivity index (χ4v) is 2.62. The smallest absolute Gasteiger partial charge is 0.311 e. The Kier molecular flexibility index (Phi) is 6.27. The molecule has 0 aliphatic rings. The standard InChI is InChI=1S/C20H23ClO3/c1-13(2)12-24-17-6-4-5-15(9-17)10-18(20(22)23)16-8-7-14(3)19(21)11-16/h4-9,11,13,18H,10,12H2,1-3H3,(H,22,23). The quantitative estimate of drug-likeness (QED) is 0.759. The Morgan fingerprint density at radius 3 is 2.58 bits per heavy atom. The van der Waals surface area contributed by atoms with Crippen LogP contribution in [0.15, 0.2) is 42.5 Å². The van der Waals surface area contributed by atoms with Gasteiger partial charge in [0, 0.05) is 5.02 Å². The molecule has 0 bridgehead atoms. The maximum absolute atomic E-state index is 11.7. The highest BCUT2D eigenvalue weighted by molar-refractivity contribution is 6.31. The summed E-state index contributed by atoms with van der Waals surface area (Å²) in [7, 11) is 0. The van der Waals surface area contributed by atoms with Crippen LogP contribution in [0, 0.1) is 12.8 Å². The van der Waals surface area contributed by atoms with Gasteiger partial charge in [-0.25, -0.2) is 0 Å². The zero-order chi connectivity index (χ0) is 17.7. The lowest BCUT2D eigenvalue weighted by molar-refractivity contribution is -0.138. The lowest BCUT2D eigenvalue weighted by Crippen LogP contribution is -2.14. The summed E-state index contributed by atoms with van der Waals surface area (Å²) in [5.74, 6) is -0.283. The van der Waals surface area contributed by atoms with E-state index in [1.807, 2.05) is 43.3 Å². The van der Waals surface area contributed by atoms with Gasteiger partial charge in [0.15, 0.2) is 0 Å². The highest BCUT2D eigenvalue weighted by atomic mass is 35.5. The van der Waals surface area contributed by atoms with Crippen LogP contribution in [0.3, 0.4) is 0 Å². The zero-order valence-electron chi connectivity index (χ0n) is 14.3. The molecule has 1 unspecified atom stereocenters. The molecule has 0 aliphatic heterocycles. The van der Waals surface area contributed by atoms with Crippen LogP contribution in [0.25, 0.3) is 0 Å². The van der Waals surface area contributed by atoms with Crippen molar-refractivity contribution in [2.45, 2.75) is 33.1 Å². The molecule has 0 radical (unpaired) electrons. The molecule has 0 heterocycles. The molecular weight excluding hydrogens is 324 g/mol. The number of aliphatic carboxylic acids is 1. The summed E-state index contributed by atoms with van der Waals surface area (Å²) in [5, 5.41) is 10.2. The minimum atomic E-state index is -0.858. The Bertz CT molecular complexity index is 710. The summed E-state index contributed by atoms with van der Waals surface area (Å²) in [6.45, 7) is 6.72. The predicted octanol–water partition coefficient (Wildman–Crippen LogP) is 5.09. The monoisotopic (exact) mass is 346 g/mol. The molecule has 2 rings (SSSR count). The highest BCUT2D eigenvalue weighted by Crippen LogP contribution is 2.27. The Balaban J connectivity index is 2.20. The fraction of sp³-hybridized carbons (Fsp3) is 0.350. The van der Waals surface area contributed by atoms with E-state index in [1.54, 1.807) is 6.07 Å². The fourth-order valence-electron chi connectivity index (χ4n) is 2.43. The second-order valence-electron chi connectivity index (χ2n) is 6.46. The molecule has 1 atom stereocenters. The summed E-state index contributed by atoms with van der Waals surface area (Å²) in [4.78, 5) is 11.7. The number of ether oxygens (including phenoxy) is 1. The average Bonchev–Trinajstić information content (AvgIpc) is 2.53. The Labute approximate surface area is 148 Å². The van der Waals surface area contributed by atoms with Gasteiger partial charge in [0.2, 0.25) is 0 Å². The van der Waals surface area contributed by atoms with Crippen molar-refractivity contribution in [2.24, 2.45) is 5.92 Å². The number of carboxylic acid groups (broad SMARTS) is 1. The van der Waals surface area contributed by atoms with E-state index in [0.29, 0.717) is 29.5 Å². The molecule has 0 aromatic heterocycles. The normalized spacial score (nSPS) is 12.2. The maximum Gasteiger partial charge on any atom is 0.311 e. The maximum atomic E-state index is 11.7. The van der Waals surface area contributed by atoms with Crippen LogP contribution < -0.4 is 4.74 Å². The molecule has 3 nitrogen and oxygen atoms in total. The largest absolute Gasteiger partial charge is 0.493 e. The number of hydrogen-bond donors (Lipinski definition) is 1.